The van der Waals surface area contributed by atoms with Gasteiger partial charge in [-0.05, 0) is 19.3 Å². The maximum atomic E-state index is 12.2. The molecule has 5 nitrogen and oxygen atoms in total. The number of carbonyl (C=O) groups excluding carboxylic acids is 2. The first kappa shape index (κ1) is 28.5. The molecular formula is C25H47NO4. The Morgan fingerprint density at radius 1 is 0.733 bits per heavy atom. The normalized spacial score (nSPS) is 11.7. The molecule has 0 saturated carbocycles. The molecule has 0 aromatic rings. The van der Waals surface area contributed by atoms with Gasteiger partial charge in [-0.2, -0.15) is 0 Å². The lowest BCUT2D eigenvalue weighted by molar-refractivity contribution is -0.146. The molecule has 1 N–H and O–H groups in total. The fourth-order valence-corrected chi connectivity index (χ4v) is 3.30. The molecule has 0 aromatic heterocycles. The molecule has 0 spiro atoms. The van der Waals surface area contributed by atoms with Crippen LogP contribution in [-0.2, 0) is 14.3 Å². The SMILES string of the molecule is C=CCC(NC(=O)OCCCCCCCC)C(=O)OCCCCCCCCCCC. The van der Waals surface area contributed by atoms with E-state index in [1.807, 2.05) is 0 Å². The molecule has 1 unspecified atom stereocenters. The Hall–Kier alpha value is -1.52. The highest BCUT2D eigenvalue weighted by Crippen LogP contribution is 2.10. The number of nitrogens with one attached hydrogen (secondary N) is 1. The van der Waals surface area contributed by atoms with E-state index in [-0.39, 0.29) is 0 Å². The number of alkyl carbamates (subject to hydrolysis) is 1. The Morgan fingerprint density at radius 2 is 1.17 bits per heavy atom. The van der Waals surface area contributed by atoms with Gasteiger partial charge in [-0.25, -0.2) is 9.59 Å². The van der Waals surface area contributed by atoms with Gasteiger partial charge in [-0.1, -0.05) is 103 Å². The van der Waals surface area contributed by atoms with Crippen molar-refractivity contribution in [3.8, 4) is 0 Å². The van der Waals surface area contributed by atoms with Crippen LogP contribution >= 0.6 is 0 Å². The molecular weight excluding hydrogens is 378 g/mol. The lowest BCUT2D eigenvalue weighted by Gasteiger charge is -2.16. The van der Waals surface area contributed by atoms with Crippen LogP contribution in [0.4, 0.5) is 4.79 Å². The van der Waals surface area contributed by atoms with Crippen LogP contribution in [0.2, 0.25) is 0 Å². The Kier molecular flexibility index (Phi) is 21.0. The molecule has 5 heteroatoms. The molecule has 0 saturated heterocycles. The predicted octanol–water partition coefficient (Wildman–Crippen LogP) is 7.09. The molecule has 176 valence electrons. The monoisotopic (exact) mass is 425 g/mol. The average molecular weight is 426 g/mol. The second-order valence-corrected chi connectivity index (χ2v) is 8.12. The first-order chi connectivity index (χ1) is 14.7. The number of hydrogen-bond donors (Lipinski definition) is 1. The number of rotatable bonds is 21. The quantitative estimate of drug-likeness (QED) is 0.121. The van der Waals surface area contributed by atoms with E-state index in [9.17, 15) is 9.59 Å². The van der Waals surface area contributed by atoms with Crippen molar-refractivity contribution in [3.63, 3.8) is 0 Å². The molecule has 0 rings (SSSR count). The summed E-state index contributed by atoms with van der Waals surface area (Å²) in [5, 5.41) is 2.61. The number of unbranched alkanes of at least 4 members (excludes halogenated alkanes) is 13. The average Bonchev–Trinajstić information content (AvgIpc) is 2.74. The maximum Gasteiger partial charge on any atom is 0.407 e. The van der Waals surface area contributed by atoms with Crippen LogP contribution in [0.3, 0.4) is 0 Å². The Bertz CT molecular complexity index is 425. The third-order valence-corrected chi connectivity index (χ3v) is 5.20. The minimum atomic E-state index is -0.724. The van der Waals surface area contributed by atoms with E-state index in [0.29, 0.717) is 19.6 Å². The summed E-state index contributed by atoms with van der Waals surface area (Å²) in [6, 6.07) is -0.724. The van der Waals surface area contributed by atoms with Crippen molar-refractivity contribution in [1.29, 1.82) is 0 Å². The number of amides is 1. The van der Waals surface area contributed by atoms with Gasteiger partial charge in [0.15, 0.2) is 0 Å². The van der Waals surface area contributed by atoms with Crippen LogP contribution < -0.4 is 5.32 Å². The van der Waals surface area contributed by atoms with E-state index in [1.165, 1.54) is 70.6 Å². The van der Waals surface area contributed by atoms with Crippen molar-refractivity contribution in [2.24, 2.45) is 0 Å². The molecule has 0 aliphatic rings. The van der Waals surface area contributed by atoms with Gasteiger partial charge in [0.25, 0.3) is 0 Å². The van der Waals surface area contributed by atoms with E-state index in [4.69, 9.17) is 9.47 Å². The molecule has 0 fully saturated rings. The van der Waals surface area contributed by atoms with E-state index in [0.717, 1.165) is 25.7 Å². The summed E-state index contributed by atoms with van der Waals surface area (Å²) >= 11 is 0. The molecule has 30 heavy (non-hydrogen) atoms. The fraction of sp³-hybridized carbons (Fsp3) is 0.840. The van der Waals surface area contributed by atoms with Gasteiger partial charge < -0.3 is 14.8 Å². The summed E-state index contributed by atoms with van der Waals surface area (Å²) in [5.74, 6) is -0.411. The smallest absolute Gasteiger partial charge is 0.407 e. The lowest BCUT2D eigenvalue weighted by atomic mass is 10.1. The topological polar surface area (TPSA) is 64.6 Å². The van der Waals surface area contributed by atoms with Gasteiger partial charge in [0.2, 0.25) is 0 Å². The van der Waals surface area contributed by atoms with Crippen LogP contribution in [0.15, 0.2) is 12.7 Å². The summed E-state index contributed by atoms with van der Waals surface area (Å²) in [7, 11) is 0. The summed E-state index contributed by atoms with van der Waals surface area (Å²) in [5.41, 5.74) is 0. The fourth-order valence-electron chi connectivity index (χ4n) is 3.30. The highest BCUT2D eigenvalue weighted by atomic mass is 16.6. The van der Waals surface area contributed by atoms with E-state index in [2.05, 4.69) is 25.7 Å². The molecule has 0 radical (unpaired) electrons. The second-order valence-electron chi connectivity index (χ2n) is 8.12. The largest absolute Gasteiger partial charge is 0.464 e. The molecule has 0 aliphatic carbocycles. The third-order valence-electron chi connectivity index (χ3n) is 5.20. The maximum absolute atomic E-state index is 12.2. The second kappa shape index (κ2) is 22.2. The van der Waals surface area contributed by atoms with Gasteiger partial charge in [-0.15, -0.1) is 6.58 Å². The van der Waals surface area contributed by atoms with Crippen molar-refractivity contribution in [2.75, 3.05) is 13.2 Å². The number of carbonyl (C=O) groups is 2. The summed E-state index contributed by atoms with van der Waals surface area (Å²) < 4.78 is 10.5. The van der Waals surface area contributed by atoms with Crippen LogP contribution in [-0.4, -0.2) is 31.3 Å². The summed E-state index contributed by atoms with van der Waals surface area (Å²) in [4.78, 5) is 24.2. The van der Waals surface area contributed by atoms with Crippen LogP contribution in [0, 0.1) is 0 Å². The van der Waals surface area contributed by atoms with Crippen LogP contribution in [0.5, 0.6) is 0 Å². The van der Waals surface area contributed by atoms with Gasteiger partial charge in [-0.3, -0.25) is 0 Å². The molecule has 0 aromatic carbocycles. The molecule has 1 amide bonds. The number of hydrogen-bond acceptors (Lipinski definition) is 4. The van der Waals surface area contributed by atoms with Gasteiger partial charge in [0.1, 0.15) is 6.04 Å². The predicted molar refractivity (Wildman–Crippen MR) is 125 cm³/mol. The van der Waals surface area contributed by atoms with Gasteiger partial charge >= 0.3 is 12.1 Å². The van der Waals surface area contributed by atoms with Crippen molar-refractivity contribution < 1.29 is 19.1 Å². The van der Waals surface area contributed by atoms with E-state index < -0.39 is 18.1 Å². The first-order valence-corrected chi connectivity index (χ1v) is 12.4. The molecule has 0 aliphatic heterocycles. The van der Waals surface area contributed by atoms with Crippen molar-refractivity contribution in [2.45, 2.75) is 123 Å². The third kappa shape index (κ3) is 18.5. The highest BCUT2D eigenvalue weighted by molar-refractivity contribution is 5.81. The van der Waals surface area contributed by atoms with Crippen molar-refractivity contribution >= 4 is 12.1 Å². The van der Waals surface area contributed by atoms with Crippen LogP contribution in [0.1, 0.15) is 117 Å². The van der Waals surface area contributed by atoms with Crippen LogP contribution in [0.25, 0.3) is 0 Å². The van der Waals surface area contributed by atoms with Gasteiger partial charge in [0, 0.05) is 0 Å². The molecule has 0 heterocycles. The summed E-state index contributed by atoms with van der Waals surface area (Å²) in [6.07, 6.45) is 19.1. The highest BCUT2D eigenvalue weighted by Gasteiger charge is 2.21. The van der Waals surface area contributed by atoms with E-state index >= 15 is 0 Å². The van der Waals surface area contributed by atoms with Gasteiger partial charge in [0.05, 0.1) is 13.2 Å². The zero-order chi connectivity index (χ0) is 22.3. The number of esters is 1. The Morgan fingerprint density at radius 3 is 1.63 bits per heavy atom. The van der Waals surface area contributed by atoms with E-state index in [1.54, 1.807) is 6.08 Å². The Balaban J connectivity index is 3.81. The molecule has 1 atom stereocenters. The minimum absolute atomic E-state index is 0.336. The Labute approximate surface area is 185 Å². The zero-order valence-electron chi connectivity index (χ0n) is 19.7. The number of ether oxygens (including phenoxy) is 2. The van der Waals surface area contributed by atoms with Crippen molar-refractivity contribution in [1.82, 2.24) is 5.32 Å². The zero-order valence-corrected chi connectivity index (χ0v) is 19.7. The summed E-state index contributed by atoms with van der Waals surface area (Å²) in [6.45, 7) is 8.86. The standard InChI is InChI=1S/C25H47NO4/c1-4-7-9-11-13-14-15-17-18-21-29-24(27)23(20-6-3)26-25(28)30-22-19-16-12-10-8-5-2/h6,23H,3-5,7-22H2,1-2H3,(H,26,28). The first-order valence-electron chi connectivity index (χ1n) is 12.4. The minimum Gasteiger partial charge on any atom is -0.464 e. The lowest BCUT2D eigenvalue weighted by Crippen LogP contribution is -2.42. The molecule has 0 bridgehead atoms. The van der Waals surface area contributed by atoms with Crippen molar-refractivity contribution in [3.05, 3.63) is 12.7 Å².